The molecule has 0 bridgehead atoms. The molecule has 0 aliphatic rings. The minimum absolute atomic E-state index is 0.369. The molecule has 0 aliphatic heterocycles. The lowest BCUT2D eigenvalue weighted by molar-refractivity contribution is 0.335. The number of benzene rings is 1. The summed E-state index contributed by atoms with van der Waals surface area (Å²) in [6.07, 6.45) is 1.19. The van der Waals surface area contributed by atoms with Gasteiger partial charge in [-0.05, 0) is 24.0 Å². The summed E-state index contributed by atoms with van der Waals surface area (Å²) in [6.45, 7) is 8.54. The summed E-state index contributed by atoms with van der Waals surface area (Å²) in [4.78, 5) is 0. The molecule has 0 saturated carbocycles. The van der Waals surface area contributed by atoms with E-state index in [1.807, 2.05) is 30.3 Å². The molecule has 0 unspecified atom stereocenters. The van der Waals surface area contributed by atoms with Crippen LogP contribution >= 0.6 is 0 Å². The molecule has 1 heteroatoms. The predicted molar refractivity (Wildman–Crippen MR) is 70.3 cm³/mol. The maximum Gasteiger partial charge on any atom is 0.0580 e. The van der Waals surface area contributed by atoms with Crippen LogP contribution in [0.3, 0.4) is 0 Å². The molecule has 1 aromatic carbocycles. The average molecular weight is 215 g/mol. The van der Waals surface area contributed by atoms with Crippen molar-refractivity contribution in [2.24, 2.45) is 5.41 Å². The van der Waals surface area contributed by atoms with Gasteiger partial charge in [0, 0.05) is 12.1 Å². The lowest BCUT2D eigenvalue weighted by Gasteiger charge is -2.22. The predicted octanol–water partition coefficient (Wildman–Crippen LogP) is 3.06. The van der Waals surface area contributed by atoms with Crippen LogP contribution in [0.15, 0.2) is 30.3 Å². The van der Waals surface area contributed by atoms with Gasteiger partial charge >= 0.3 is 0 Å². The smallest absolute Gasteiger partial charge is 0.0580 e. The Bertz CT molecular complexity index is 354. The molecule has 0 saturated heterocycles. The van der Waals surface area contributed by atoms with Crippen molar-refractivity contribution in [3.63, 3.8) is 0 Å². The summed E-state index contributed by atoms with van der Waals surface area (Å²) in [5, 5.41) is 3.37. The second-order valence-electron chi connectivity index (χ2n) is 4.79. The van der Waals surface area contributed by atoms with Gasteiger partial charge < -0.3 is 5.32 Å². The molecule has 0 fully saturated rings. The van der Waals surface area contributed by atoms with Gasteiger partial charge in [-0.15, -0.1) is 0 Å². The van der Waals surface area contributed by atoms with E-state index in [9.17, 15) is 0 Å². The van der Waals surface area contributed by atoms with Crippen LogP contribution in [-0.2, 0) is 0 Å². The lowest BCUT2D eigenvalue weighted by Crippen LogP contribution is -2.28. The van der Waals surface area contributed by atoms with E-state index in [1.54, 1.807) is 0 Å². The molecule has 1 N–H and O–H groups in total. The Morgan fingerprint density at radius 3 is 2.50 bits per heavy atom. The Hall–Kier alpha value is -1.26. The third kappa shape index (κ3) is 5.00. The van der Waals surface area contributed by atoms with Gasteiger partial charge in [0.2, 0.25) is 0 Å². The van der Waals surface area contributed by atoms with Crippen LogP contribution in [0.1, 0.15) is 32.8 Å². The van der Waals surface area contributed by atoms with Crippen molar-refractivity contribution in [2.45, 2.75) is 27.2 Å². The Labute approximate surface area is 99.3 Å². The van der Waals surface area contributed by atoms with Crippen LogP contribution < -0.4 is 5.32 Å². The zero-order valence-electron chi connectivity index (χ0n) is 10.5. The fourth-order valence-electron chi connectivity index (χ4n) is 1.26. The van der Waals surface area contributed by atoms with E-state index in [2.05, 4.69) is 37.9 Å². The Balaban J connectivity index is 2.29. The highest BCUT2D eigenvalue weighted by Crippen LogP contribution is 2.17. The highest BCUT2D eigenvalue weighted by molar-refractivity contribution is 5.33. The van der Waals surface area contributed by atoms with Gasteiger partial charge in [0.25, 0.3) is 0 Å². The molecule has 0 atom stereocenters. The topological polar surface area (TPSA) is 12.0 Å². The van der Waals surface area contributed by atoms with Gasteiger partial charge in [-0.1, -0.05) is 50.8 Å². The van der Waals surface area contributed by atoms with Crippen molar-refractivity contribution in [1.29, 1.82) is 0 Å². The van der Waals surface area contributed by atoms with Crippen LogP contribution in [-0.4, -0.2) is 13.1 Å². The molecule has 0 amide bonds. The first-order valence-corrected chi connectivity index (χ1v) is 5.89. The molecule has 1 rings (SSSR count). The molecule has 86 valence electrons. The van der Waals surface area contributed by atoms with Crippen LogP contribution in [0.4, 0.5) is 0 Å². The number of nitrogens with one attached hydrogen (secondary N) is 1. The summed E-state index contributed by atoms with van der Waals surface area (Å²) < 4.78 is 0. The van der Waals surface area contributed by atoms with Gasteiger partial charge in [-0.25, -0.2) is 0 Å². The standard InChI is InChI=1S/C15H21N/c1-4-15(2,3)13-16-12-8-11-14-9-6-5-7-10-14/h5-7,9-10,16H,4,12-13H2,1-3H3. The first-order chi connectivity index (χ1) is 7.64. The number of hydrogen-bond donors (Lipinski definition) is 1. The summed E-state index contributed by atoms with van der Waals surface area (Å²) in [6, 6.07) is 10.1. The molecule has 0 heterocycles. The van der Waals surface area contributed by atoms with E-state index >= 15 is 0 Å². The maximum atomic E-state index is 3.37. The van der Waals surface area contributed by atoms with E-state index in [0.29, 0.717) is 5.41 Å². The maximum absolute atomic E-state index is 3.37. The van der Waals surface area contributed by atoms with Gasteiger partial charge in [-0.2, -0.15) is 0 Å². The summed E-state index contributed by atoms with van der Waals surface area (Å²) in [5.41, 5.74) is 1.45. The fraction of sp³-hybridized carbons (Fsp3) is 0.467. The Morgan fingerprint density at radius 2 is 1.88 bits per heavy atom. The highest BCUT2D eigenvalue weighted by atomic mass is 14.9. The molecule has 0 aromatic heterocycles. The lowest BCUT2D eigenvalue weighted by atomic mass is 9.90. The van der Waals surface area contributed by atoms with Crippen LogP contribution in [0.2, 0.25) is 0 Å². The van der Waals surface area contributed by atoms with E-state index < -0.39 is 0 Å². The Kier molecular flexibility index (Phi) is 5.08. The summed E-state index contributed by atoms with van der Waals surface area (Å²) >= 11 is 0. The SMILES string of the molecule is CCC(C)(C)CNCC#Cc1ccccc1. The van der Waals surface area contributed by atoms with E-state index in [1.165, 1.54) is 6.42 Å². The number of hydrogen-bond acceptors (Lipinski definition) is 1. The molecule has 16 heavy (non-hydrogen) atoms. The van der Waals surface area contributed by atoms with Crippen LogP contribution in [0.25, 0.3) is 0 Å². The highest BCUT2D eigenvalue weighted by Gasteiger charge is 2.12. The average Bonchev–Trinajstić information content (AvgIpc) is 2.30. The first-order valence-electron chi connectivity index (χ1n) is 5.89. The van der Waals surface area contributed by atoms with E-state index in [0.717, 1.165) is 18.7 Å². The molecule has 1 aromatic rings. The number of rotatable bonds is 4. The van der Waals surface area contributed by atoms with Crippen molar-refractivity contribution in [3.8, 4) is 11.8 Å². The molecule has 0 radical (unpaired) electrons. The normalized spacial score (nSPS) is 10.7. The minimum atomic E-state index is 0.369. The van der Waals surface area contributed by atoms with Crippen LogP contribution in [0.5, 0.6) is 0 Å². The largest absolute Gasteiger partial charge is 0.306 e. The summed E-state index contributed by atoms with van der Waals surface area (Å²) in [5.74, 6) is 6.27. The van der Waals surface area contributed by atoms with Crippen LogP contribution in [0, 0.1) is 17.3 Å². The quantitative estimate of drug-likeness (QED) is 0.601. The second kappa shape index (κ2) is 6.35. The van der Waals surface area contributed by atoms with Crippen molar-refractivity contribution >= 4 is 0 Å². The van der Waals surface area contributed by atoms with Gasteiger partial charge in [0.15, 0.2) is 0 Å². The fourth-order valence-corrected chi connectivity index (χ4v) is 1.26. The molecular formula is C15H21N. The minimum Gasteiger partial charge on any atom is -0.306 e. The third-order valence-corrected chi connectivity index (χ3v) is 2.78. The van der Waals surface area contributed by atoms with Gasteiger partial charge in [0.05, 0.1) is 6.54 Å². The zero-order valence-corrected chi connectivity index (χ0v) is 10.5. The second-order valence-corrected chi connectivity index (χ2v) is 4.79. The monoisotopic (exact) mass is 215 g/mol. The van der Waals surface area contributed by atoms with Crippen molar-refractivity contribution in [1.82, 2.24) is 5.32 Å². The van der Waals surface area contributed by atoms with Gasteiger partial charge in [0.1, 0.15) is 0 Å². The molecule has 1 nitrogen and oxygen atoms in total. The Morgan fingerprint density at radius 1 is 1.19 bits per heavy atom. The van der Waals surface area contributed by atoms with E-state index in [4.69, 9.17) is 0 Å². The molecule has 0 spiro atoms. The summed E-state index contributed by atoms with van der Waals surface area (Å²) in [7, 11) is 0. The first kappa shape index (κ1) is 12.8. The zero-order chi connectivity index (χ0) is 11.9. The van der Waals surface area contributed by atoms with Crippen molar-refractivity contribution in [2.75, 3.05) is 13.1 Å². The molecule has 0 aliphatic carbocycles. The van der Waals surface area contributed by atoms with E-state index in [-0.39, 0.29) is 0 Å². The molecular weight excluding hydrogens is 194 g/mol. The third-order valence-electron chi connectivity index (χ3n) is 2.78. The van der Waals surface area contributed by atoms with Crippen molar-refractivity contribution < 1.29 is 0 Å². The van der Waals surface area contributed by atoms with Crippen molar-refractivity contribution in [3.05, 3.63) is 35.9 Å². The van der Waals surface area contributed by atoms with Gasteiger partial charge in [-0.3, -0.25) is 0 Å².